The molecule has 1 aliphatic heterocycles. The van der Waals surface area contributed by atoms with Crippen LogP contribution < -0.4 is 5.32 Å². The predicted molar refractivity (Wildman–Crippen MR) is 74.2 cm³/mol. The Morgan fingerprint density at radius 2 is 2.26 bits per heavy atom. The van der Waals surface area contributed by atoms with Gasteiger partial charge in [-0.25, -0.2) is 0 Å². The molecule has 1 heterocycles. The van der Waals surface area contributed by atoms with Gasteiger partial charge in [-0.1, -0.05) is 15.9 Å². The summed E-state index contributed by atoms with van der Waals surface area (Å²) in [5, 5.41) is 14.1. The molecule has 0 unspecified atom stereocenters. The number of nitro groups is 1. The Balaban J connectivity index is 2.25. The van der Waals surface area contributed by atoms with E-state index in [9.17, 15) is 14.9 Å². The average molecular weight is 328 g/mol. The van der Waals surface area contributed by atoms with Crippen LogP contribution in [-0.4, -0.2) is 41.4 Å². The second-order valence-corrected chi connectivity index (χ2v) is 5.48. The zero-order valence-corrected chi connectivity index (χ0v) is 12.0. The first-order valence-electron chi connectivity index (χ1n) is 5.95. The third kappa shape index (κ3) is 3.30. The van der Waals surface area contributed by atoms with Crippen LogP contribution in [0.4, 0.5) is 5.69 Å². The van der Waals surface area contributed by atoms with E-state index in [4.69, 9.17) is 0 Å². The number of amides is 1. The molecule has 0 spiro atoms. The van der Waals surface area contributed by atoms with Crippen LogP contribution >= 0.6 is 15.9 Å². The monoisotopic (exact) mass is 327 g/mol. The van der Waals surface area contributed by atoms with Crippen molar-refractivity contribution in [2.75, 3.05) is 19.6 Å². The summed E-state index contributed by atoms with van der Waals surface area (Å²) in [6, 6.07) is 4.55. The van der Waals surface area contributed by atoms with E-state index in [-0.39, 0.29) is 17.6 Å². The van der Waals surface area contributed by atoms with Gasteiger partial charge in [0, 0.05) is 47.8 Å². The zero-order chi connectivity index (χ0) is 14.0. The summed E-state index contributed by atoms with van der Waals surface area (Å²) in [4.78, 5) is 24.4. The van der Waals surface area contributed by atoms with E-state index in [1.807, 2.05) is 6.92 Å². The molecule has 1 atom stereocenters. The lowest BCUT2D eigenvalue weighted by atomic mass is 10.1. The van der Waals surface area contributed by atoms with Crippen LogP contribution in [-0.2, 0) is 0 Å². The molecule has 1 saturated heterocycles. The highest BCUT2D eigenvalue weighted by Gasteiger charge is 2.23. The lowest BCUT2D eigenvalue weighted by molar-refractivity contribution is -0.385. The molecule has 102 valence electrons. The fourth-order valence-electron chi connectivity index (χ4n) is 2.10. The van der Waals surface area contributed by atoms with Gasteiger partial charge < -0.3 is 10.2 Å². The summed E-state index contributed by atoms with van der Waals surface area (Å²) in [7, 11) is 0. The number of rotatable bonds is 2. The number of piperazine rings is 1. The first-order chi connectivity index (χ1) is 8.97. The quantitative estimate of drug-likeness (QED) is 0.663. The summed E-state index contributed by atoms with van der Waals surface area (Å²) < 4.78 is 0.535. The SMILES string of the molecule is C[C@H]1CN(C(=O)c2cc(Br)cc([N+](=O)[O-])c2)CCN1. The minimum absolute atomic E-state index is 0.0825. The molecule has 0 bridgehead atoms. The van der Waals surface area contributed by atoms with Gasteiger partial charge in [-0.3, -0.25) is 14.9 Å². The summed E-state index contributed by atoms with van der Waals surface area (Å²) in [5.41, 5.74) is 0.260. The maximum atomic E-state index is 12.3. The van der Waals surface area contributed by atoms with E-state index in [0.717, 1.165) is 6.54 Å². The first-order valence-corrected chi connectivity index (χ1v) is 6.74. The van der Waals surface area contributed by atoms with Crippen molar-refractivity contribution >= 4 is 27.5 Å². The van der Waals surface area contributed by atoms with Gasteiger partial charge in [0.25, 0.3) is 11.6 Å². The normalized spacial score (nSPS) is 19.3. The molecule has 1 amide bonds. The molecule has 1 aromatic rings. The summed E-state index contributed by atoms with van der Waals surface area (Å²) in [6.07, 6.45) is 0. The number of nitro benzene ring substituents is 1. The highest BCUT2D eigenvalue weighted by molar-refractivity contribution is 9.10. The summed E-state index contributed by atoms with van der Waals surface area (Å²) >= 11 is 3.20. The molecule has 2 rings (SSSR count). The fraction of sp³-hybridized carbons (Fsp3) is 0.417. The van der Waals surface area contributed by atoms with Gasteiger partial charge in [0.1, 0.15) is 0 Å². The third-order valence-corrected chi connectivity index (χ3v) is 3.45. The van der Waals surface area contributed by atoms with Crippen LogP contribution in [0.2, 0.25) is 0 Å². The van der Waals surface area contributed by atoms with Crippen molar-refractivity contribution in [3.8, 4) is 0 Å². The molecule has 0 aromatic heterocycles. The number of hydrogen-bond donors (Lipinski definition) is 1. The Hall–Kier alpha value is -1.47. The molecule has 1 fully saturated rings. The second kappa shape index (κ2) is 5.66. The number of hydrogen-bond acceptors (Lipinski definition) is 4. The number of nitrogens with one attached hydrogen (secondary N) is 1. The minimum Gasteiger partial charge on any atom is -0.336 e. The number of carbonyl (C=O) groups is 1. The number of benzene rings is 1. The lowest BCUT2D eigenvalue weighted by Gasteiger charge is -2.31. The van der Waals surface area contributed by atoms with Crippen LogP contribution in [0.1, 0.15) is 17.3 Å². The van der Waals surface area contributed by atoms with Crippen molar-refractivity contribution in [2.45, 2.75) is 13.0 Å². The smallest absolute Gasteiger partial charge is 0.271 e. The van der Waals surface area contributed by atoms with Crippen molar-refractivity contribution in [1.29, 1.82) is 0 Å². The molecule has 1 aliphatic rings. The predicted octanol–water partition coefficient (Wildman–Crippen LogP) is 1.79. The number of non-ortho nitro benzene ring substituents is 1. The van der Waals surface area contributed by atoms with Gasteiger partial charge in [0.15, 0.2) is 0 Å². The molecular weight excluding hydrogens is 314 g/mol. The molecule has 19 heavy (non-hydrogen) atoms. The highest BCUT2D eigenvalue weighted by atomic mass is 79.9. The summed E-state index contributed by atoms with van der Waals surface area (Å²) in [6.45, 7) is 3.97. The Labute approximate surface area is 119 Å². The van der Waals surface area contributed by atoms with Gasteiger partial charge in [0.05, 0.1) is 4.92 Å². The number of halogens is 1. The van der Waals surface area contributed by atoms with Gasteiger partial charge in [-0.05, 0) is 13.0 Å². The van der Waals surface area contributed by atoms with Gasteiger partial charge >= 0.3 is 0 Å². The third-order valence-electron chi connectivity index (χ3n) is 3.00. The van der Waals surface area contributed by atoms with Crippen LogP contribution in [0.5, 0.6) is 0 Å². The zero-order valence-electron chi connectivity index (χ0n) is 10.4. The van der Waals surface area contributed by atoms with E-state index in [1.54, 1.807) is 11.0 Å². The van der Waals surface area contributed by atoms with Crippen LogP contribution in [0.15, 0.2) is 22.7 Å². The second-order valence-electron chi connectivity index (χ2n) is 4.56. The minimum atomic E-state index is -0.498. The maximum absolute atomic E-state index is 12.3. The van der Waals surface area contributed by atoms with E-state index in [1.165, 1.54) is 12.1 Å². The average Bonchev–Trinajstić information content (AvgIpc) is 2.37. The molecule has 6 nitrogen and oxygen atoms in total. The summed E-state index contributed by atoms with van der Waals surface area (Å²) in [5.74, 6) is -0.169. The van der Waals surface area contributed by atoms with Crippen molar-refractivity contribution < 1.29 is 9.72 Å². The van der Waals surface area contributed by atoms with Crippen LogP contribution in [0, 0.1) is 10.1 Å². The molecule has 0 saturated carbocycles. The fourth-order valence-corrected chi connectivity index (χ4v) is 2.58. The molecule has 1 N–H and O–H groups in total. The van der Waals surface area contributed by atoms with Crippen molar-refractivity contribution in [3.63, 3.8) is 0 Å². The molecular formula is C12H14BrN3O3. The van der Waals surface area contributed by atoms with Gasteiger partial charge in [0.2, 0.25) is 0 Å². The van der Waals surface area contributed by atoms with E-state index >= 15 is 0 Å². The van der Waals surface area contributed by atoms with Crippen LogP contribution in [0.3, 0.4) is 0 Å². The molecule has 0 radical (unpaired) electrons. The Kier molecular flexibility index (Phi) is 4.16. The lowest BCUT2D eigenvalue weighted by Crippen LogP contribution is -2.51. The topological polar surface area (TPSA) is 75.5 Å². The van der Waals surface area contributed by atoms with E-state index in [0.29, 0.717) is 23.1 Å². The van der Waals surface area contributed by atoms with Gasteiger partial charge in [-0.15, -0.1) is 0 Å². The Bertz CT molecular complexity index is 521. The van der Waals surface area contributed by atoms with Gasteiger partial charge in [-0.2, -0.15) is 0 Å². The Morgan fingerprint density at radius 3 is 2.89 bits per heavy atom. The van der Waals surface area contributed by atoms with Crippen molar-refractivity contribution in [2.24, 2.45) is 0 Å². The maximum Gasteiger partial charge on any atom is 0.271 e. The van der Waals surface area contributed by atoms with Crippen molar-refractivity contribution in [1.82, 2.24) is 10.2 Å². The van der Waals surface area contributed by atoms with Crippen molar-refractivity contribution in [3.05, 3.63) is 38.3 Å². The highest BCUT2D eigenvalue weighted by Crippen LogP contribution is 2.22. The largest absolute Gasteiger partial charge is 0.336 e. The van der Waals surface area contributed by atoms with Crippen LogP contribution in [0.25, 0.3) is 0 Å². The number of nitrogens with zero attached hydrogens (tertiary/aromatic N) is 2. The molecule has 7 heteroatoms. The van der Waals surface area contributed by atoms with E-state index < -0.39 is 4.92 Å². The standard InChI is InChI=1S/C12H14BrN3O3/c1-8-7-15(3-2-14-8)12(17)9-4-10(13)6-11(5-9)16(18)19/h4-6,8,14H,2-3,7H2,1H3/t8-/m0/s1. The first kappa shape index (κ1) is 14.0. The van der Waals surface area contributed by atoms with E-state index in [2.05, 4.69) is 21.2 Å². The number of carbonyl (C=O) groups excluding carboxylic acids is 1. The molecule has 0 aliphatic carbocycles. The molecule has 1 aromatic carbocycles. The Morgan fingerprint density at radius 1 is 1.53 bits per heavy atom.